The van der Waals surface area contributed by atoms with Crippen LogP contribution in [0.5, 0.6) is 0 Å². The number of aromatic nitrogens is 3. The molecule has 1 aliphatic rings. The highest BCUT2D eigenvalue weighted by atomic mass is 16.2. The molecule has 1 unspecified atom stereocenters. The van der Waals surface area contributed by atoms with E-state index in [4.69, 9.17) is 0 Å². The first-order chi connectivity index (χ1) is 10.1. The van der Waals surface area contributed by atoms with Crippen molar-refractivity contribution in [2.45, 2.75) is 13.1 Å². The monoisotopic (exact) mass is 288 g/mol. The first kappa shape index (κ1) is 13.6. The lowest BCUT2D eigenvalue weighted by Gasteiger charge is -2.27. The molecular weight excluding hydrogens is 270 g/mol. The van der Waals surface area contributed by atoms with Crippen LogP contribution in [0.4, 0.5) is 5.82 Å². The summed E-state index contributed by atoms with van der Waals surface area (Å²) in [7, 11) is 3.19. The summed E-state index contributed by atoms with van der Waals surface area (Å²) in [6.07, 6.45) is 1.77. The lowest BCUT2D eigenvalue weighted by atomic mass is 10.2. The van der Waals surface area contributed by atoms with E-state index < -0.39 is 0 Å². The van der Waals surface area contributed by atoms with Gasteiger partial charge in [0.1, 0.15) is 24.5 Å². The van der Waals surface area contributed by atoms with Crippen LogP contribution in [0.25, 0.3) is 0 Å². The van der Waals surface area contributed by atoms with Gasteiger partial charge in [-0.15, -0.1) is 0 Å². The molecule has 3 heterocycles. The van der Waals surface area contributed by atoms with Crippen molar-refractivity contribution in [3.8, 4) is 0 Å². The Bertz CT molecular complexity index is 778. The van der Waals surface area contributed by atoms with Crippen molar-refractivity contribution in [3.63, 3.8) is 0 Å². The number of nitrogens with zero attached hydrogens (tertiary/aromatic N) is 3. The maximum atomic E-state index is 12.3. The third-order valence-corrected chi connectivity index (χ3v) is 3.85. The van der Waals surface area contributed by atoms with Crippen molar-refractivity contribution in [2.24, 2.45) is 14.1 Å². The molecule has 0 amide bonds. The van der Waals surface area contributed by atoms with Gasteiger partial charge in [-0.3, -0.25) is 18.9 Å². The minimum atomic E-state index is -0.306. The highest BCUT2D eigenvalue weighted by molar-refractivity contribution is 5.43. The number of fused-ring (bicyclic) bond motifs is 1. The molecule has 110 valence electrons. The highest BCUT2D eigenvalue weighted by Crippen LogP contribution is 2.08. The molecule has 0 aromatic carbocycles. The van der Waals surface area contributed by atoms with Gasteiger partial charge >= 0.3 is 5.69 Å². The fraction of sp³-hybridized carbons (Fsp3) is 0.357. The van der Waals surface area contributed by atoms with Gasteiger partial charge in [0.25, 0.3) is 5.56 Å². The quantitative estimate of drug-likeness (QED) is 0.701. The average molecular weight is 288 g/mol. The molecule has 0 bridgehead atoms. The van der Waals surface area contributed by atoms with Gasteiger partial charge in [0, 0.05) is 20.3 Å². The number of nitrogens with one attached hydrogen (secondary N) is 2. The van der Waals surface area contributed by atoms with E-state index in [-0.39, 0.29) is 11.2 Å². The van der Waals surface area contributed by atoms with Crippen LogP contribution < -0.4 is 21.5 Å². The Balaban J connectivity index is 1.93. The van der Waals surface area contributed by atoms with E-state index in [1.54, 1.807) is 13.2 Å². The minimum Gasteiger partial charge on any atom is -0.324 e. The molecule has 0 radical (unpaired) electrons. The van der Waals surface area contributed by atoms with Gasteiger partial charge in [-0.05, 0) is 12.1 Å². The summed E-state index contributed by atoms with van der Waals surface area (Å²) in [6.45, 7) is 1.98. The maximum Gasteiger partial charge on any atom is 0.332 e. The molecule has 0 saturated carbocycles. The minimum absolute atomic E-state index is 0.223. The molecule has 2 aromatic heterocycles. The first-order valence-corrected chi connectivity index (χ1v) is 6.84. The fourth-order valence-corrected chi connectivity index (χ4v) is 2.70. The molecule has 1 aliphatic heterocycles. The lowest BCUT2D eigenvalue weighted by Crippen LogP contribution is -3.11. The zero-order valence-corrected chi connectivity index (χ0v) is 12.1. The second-order valence-corrected chi connectivity index (χ2v) is 5.31. The van der Waals surface area contributed by atoms with Crippen LogP contribution in [0.15, 0.2) is 34.0 Å². The molecule has 2 N–H and O–H groups in total. The van der Waals surface area contributed by atoms with Gasteiger partial charge < -0.3 is 10.2 Å². The van der Waals surface area contributed by atoms with Gasteiger partial charge in [0.2, 0.25) is 0 Å². The van der Waals surface area contributed by atoms with Crippen molar-refractivity contribution in [1.29, 1.82) is 0 Å². The van der Waals surface area contributed by atoms with Crippen LogP contribution in [0, 0.1) is 0 Å². The van der Waals surface area contributed by atoms with Crippen molar-refractivity contribution < 1.29 is 4.90 Å². The predicted octanol–water partition coefficient (Wildman–Crippen LogP) is -1.55. The van der Waals surface area contributed by atoms with E-state index in [0.717, 1.165) is 16.8 Å². The van der Waals surface area contributed by atoms with Gasteiger partial charge in [-0.1, -0.05) is 6.07 Å². The zero-order valence-electron chi connectivity index (χ0n) is 12.1. The number of hydrogen-bond acceptors (Lipinski definition) is 4. The van der Waals surface area contributed by atoms with Gasteiger partial charge in [0.15, 0.2) is 6.67 Å². The van der Waals surface area contributed by atoms with Crippen molar-refractivity contribution in [3.05, 3.63) is 56.5 Å². The Morgan fingerprint density at radius 3 is 2.81 bits per heavy atom. The molecule has 0 aliphatic carbocycles. The predicted molar refractivity (Wildman–Crippen MR) is 78.0 cm³/mol. The average Bonchev–Trinajstić information content (AvgIpc) is 2.52. The SMILES string of the molecule is Cn1c2c(c(=O)n(C)c1=O)C[NH+](Cc1ccccn1)CN2. The summed E-state index contributed by atoms with van der Waals surface area (Å²) >= 11 is 0. The number of hydrogen-bond donors (Lipinski definition) is 2. The largest absolute Gasteiger partial charge is 0.332 e. The molecule has 7 nitrogen and oxygen atoms in total. The highest BCUT2D eigenvalue weighted by Gasteiger charge is 2.25. The number of rotatable bonds is 2. The molecule has 1 atom stereocenters. The summed E-state index contributed by atoms with van der Waals surface area (Å²) in [5.74, 6) is 0.632. The number of anilines is 1. The molecule has 21 heavy (non-hydrogen) atoms. The Hall–Kier alpha value is -2.41. The lowest BCUT2D eigenvalue weighted by molar-refractivity contribution is -0.926. The Morgan fingerprint density at radius 2 is 2.10 bits per heavy atom. The fourth-order valence-electron chi connectivity index (χ4n) is 2.70. The van der Waals surface area contributed by atoms with Crippen LogP contribution in [0.1, 0.15) is 11.3 Å². The zero-order chi connectivity index (χ0) is 15.0. The molecule has 0 spiro atoms. The Labute approximate surface area is 121 Å². The third-order valence-electron chi connectivity index (χ3n) is 3.85. The van der Waals surface area contributed by atoms with Crippen molar-refractivity contribution in [1.82, 2.24) is 14.1 Å². The molecular formula is C14H18N5O2+. The standard InChI is InChI=1S/C14H17N5O2/c1-17-12-11(13(20)18(2)14(17)21)8-19(9-16-12)7-10-5-3-4-6-15-10/h3-6,16H,7-9H2,1-2H3/p+1. The van der Waals surface area contributed by atoms with Crippen molar-refractivity contribution >= 4 is 5.82 Å². The van der Waals surface area contributed by atoms with Crippen molar-refractivity contribution in [2.75, 3.05) is 12.0 Å². The van der Waals surface area contributed by atoms with E-state index in [1.807, 2.05) is 18.2 Å². The number of quaternary nitrogens is 1. The van der Waals surface area contributed by atoms with E-state index in [1.165, 1.54) is 16.5 Å². The van der Waals surface area contributed by atoms with Crippen LogP contribution in [0.3, 0.4) is 0 Å². The van der Waals surface area contributed by atoms with Crippen LogP contribution in [0.2, 0.25) is 0 Å². The Kier molecular flexibility index (Phi) is 3.34. The molecule has 0 fully saturated rings. The second kappa shape index (κ2) is 5.17. The molecule has 3 rings (SSSR count). The van der Waals surface area contributed by atoms with Gasteiger partial charge in [-0.2, -0.15) is 0 Å². The van der Waals surface area contributed by atoms with Gasteiger partial charge in [0.05, 0.1) is 5.69 Å². The normalized spacial score (nSPS) is 17.1. The van der Waals surface area contributed by atoms with Crippen LogP contribution >= 0.6 is 0 Å². The van der Waals surface area contributed by atoms with E-state index in [9.17, 15) is 9.59 Å². The summed E-state index contributed by atoms with van der Waals surface area (Å²) in [5.41, 5.74) is 1.11. The topological polar surface area (TPSA) is 73.4 Å². The van der Waals surface area contributed by atoms with E-state index >= 15 is 0 Å². The molecule has 2 aromatic rings. The first-order valence-electron chi connectivity index (χ1n) is 6.84. The smallest absolute Gasteiger partial charge is 0.324 e. The summed E-state index contributed by atoms with van der Waals surface area (Å²) < 4.78 is 2.65. The van der Waals surface area contributed by atoms with Crippen LogP contribution in [-0.4, -0.2) is 20.8 Å². The summed E-state index contributed by atoms with van der Waals surface area (Å²) in [6, 6.07) is 5.81. The Morgan fingerprint density at radius 1 is 1.29 bits per heavy atom. The maximum absolute atomic E-state index is 12.3. The second-order valence-electron chi connectivity index (χ2n) is 5.31. The van der Waals surface area contributed by atoms with E-state index in [2.05, 4.69) is 10.3 Å². The molecule has 0 saturated heterocycles. The number of pyridine rings is 1. The van der Waals surface area contributed by atoms with E-state index in [0.29, 0.717) is 24.6 Å². The summed E-state index contributed by atoms with van der Waals surface area (Å²) in [5, 5.41) is 3.19. The van der Waals surface area contributed by atoms with Gasteiger partial charge in [-0.25, -0.2) is 4.79 Å². The molecule has 7 heteroatoms. The third kappa shape index (κ3) is 2.36. The van der Waals surface area contributed by atoms with Crippen LogP contribution in [-0.2, 0) is 27.2 Å². The summed E-state index contributed by atoms with van der Waals surface area (Å²) in [4.78, 5) is 29.7.